The molecule has 0 bridgehead atoms. The summed E-state index contributed by atoms with van der Waals surface area (Å²) in [5, 5.41) is 1.76. The molecular weight excluding hydrogens is 565 g/mol. The molecule has 3 aromatic rings. The van der Waals surface area contributed by atoms with Crippen molar-refractivity contribution in [3.8, 4) is 22.3 Å². The molecule has 0 N–H and O–H groups in total. The van der Waals surface area contributed by atoms with Crippen LogP contribution in [0.25, 0.3) is 22.3 Å². The van der Waals surface area contributed by atoms with Crippen molar-refractivity contribution in [3.63, 3.8) is 0 Å². The molecule has 0 unspecified atom stereocenters. The molecule has 0 fully saturated rings. The van der Waals surface area contributed by atoms with Crippen LogP contribution < -0.4 is 5.19 Å². The minimum atomic E-state index is -0.726. The number of hydrogen-bond donors (Lipinski definition) is 0. The largest absolute Gasteiger partial charge is 0.288 e. The SMILES string of the molecule is CC(C)c1cc(C(C)C)c(-c2cccc(-c3c(C(C)C)cc(C(C)C)cc3C(C)C)c2[Si-]([Si](C)C)[Si](C)C)c(C(C)C)c1. The zero-order valence-electron chi connectivity index (χ0n) is 30.5. The van der Waals surface area contributed by atoms with E-state index in [0.717, 1.165) is 0 Å². The second-order valence-electron chi connectivity index (χ2n) is 15.2. The highest BCUT2D eigenvalue weighted by Gasteiger charge is 2.25. The second-order valence-corrected chi connectivity index (χ2v) is 30.9. The van der Waals surface area contributed by atoms with Crippen LogP contribution in [-0.2, 0) is 0 Å². The first kappa shape index (κ1) is 35.8. The third kappa shape index (κ3) is 7.59. The van der Waals surface area contributed by atoms with Crippen molar-refractivity contribution in [2.75, 3.05) is 0 Å². The Bertz CT molecular complexity index is 1230. The van der Waals surface area contributed by atoms with E-state index in [1.807, 2.05) is 0 Å². The van der Waals surface area contributed by atoms with Crippen molar-refractivity contribution in [3.05, 3.63) is 75.8 Å². The monoisotopic (exact) mass is 625 g/mol. The van der Waals surface area contributed by atoms with E-state index >= 15 is 0 Å². The third-order valence-electron chi connectivity index (χ3n) is 9.12. The first-order valence-corrected chi connectivity index (χ1v) is 25.5. The maximum Gasteiger partial charge on any atom is -0.0141 e. The summed E-state index contributed by atoms with van der Waals surface area (Å²) >= 11 is 0. The second kappa shape index (κ2) is 14.6. The van der Waals surface area contributed by atoms with Crippen LogP contribution in [-0.4, -0.2) is 24.5 Å². The molecule has 0 heterocycles. The molecule has 0 saturated carbocycles. The average molecular weight is 626 g/mol. The van der Waals surface area contributed by atoms with Gasteiger partial charge in [-0.3, -0.25) is 7.83 Å². The van der Waals surface area contributed by atoms with Crippen LogP contribution in [0.3, 0.4) is 0 Å². The van der Waals surface area contributed by atoms with Crippen molar-refractivity contribution < 1.29 is 0 Å². The molecule has 0 amide bonds. The highest BCUT2D eigenvalue weighted by Crippen LogP contribution is 2.43. The van der Waals surface area contributed by atoms with E-state index in [9.17, 15) is 0 Å². The Morgan fingerprint density at radius 1 is 0.442 bits per heavy atom. The van der Waals surface area contributed by atoms with E-state index in [1.165, 1.54) is 11.1 Å². The van der Waals surface area contributed by atoms with Crippen molar-refractivity contribution in [1.29, 1.82) is 0 Å². The molecule has 0 aromatic heterocycles. The van der Waals surface area contributed by atoms with Gasteiger partial charge < -0.3 is 0 Å². The van der Waals surface area contributed by atoms with E-state index in [-0.39, 0.29) is 0 Å². The Morgan fingerprint density at radius 2 is 0.721 bits per heavy atom. The highest BCUT2D eigenvalue weighted by molar-refractivity contribution is 7.54. The summed E-state index contributed by atoms with van der Waals surface area (Å²) < 4.78 is 0. The van der Waals surface area contributed by atoms with Gasteiger partial charge in [0.1, 0.15) is 0 Å². The zero-order chi connectivity index (χ0) is 32.5. The standard InChI is InChI=1S/C40H61Si3/c1-24(2)30-20-34(26(5)6)38(35(21-30)27(7)8)32-18-17-19-33(40(32)43(41(13)14)42(15)16)39-36(28(9)10)22-31(25(3)4)23-37(39)29(11)12/h17-29H,1-16H3/q-1. The fraction of sp³-hybridized carbons (Fsp3) is 0.550. The van der Waals surface area contributed by atoms with Crippen LogP contribution in [0.1, 0.15) is 152 Å². The van der Waals surface area contributed by atoms with Gasteiger partial charge in [-0.05, 0) is 91.1 Å². The smallest absolute Gasteiger partial charge is 0.0141 e. The molecule has 43 heavy (non-hydrogen) atoms. The van der Waals surface area contributed by atoms with E-state index in [4.69, 9.17) is 0 Å². The molecule has 0 aliphatic rings. The highest BCUT2D eigenvalue weighted by atomic mass is 29.6. The lowest BCUT2D eigenvalue weighted by molar-refractivity contribution is 0.807. The summed E-state index contributed by atoms with van der Waals surface area (Å²) in [5.41, 5.74) is 15.4. The molecule has 234 valence electrons. The first-order valence-electron chi connectivity index (χ1n) is 17.0. The lowest BCUT2D eigenvalue weighted by Gasteiger charge is -2.44. The van der Waals surface area contributed by atoms with Gasteiger partial charge in [-0.15, -0.1) is 16.6 Å². The zero-order valence-corrected chi connectivity index (χ0v) is 33.5. The Kier molecular flexibility index (Phi) is 12.2. The Hall–Kier alpha value is -1.69. The molecule has 0 saturated heterocycles. The van der Waals surface area contributed by atoms with Crippen molar-refractivity contribution in [1.82, 2.24) is 0 Å². The lowest BCUT2D eigenvalue weighted by Crippen LogP contribution is -2.53. The normalized spacial score (nSPS) is 12.5. The molecule has 3 rings (SSSR count). The maximum atomic E-state index is 2.61. The van der Waals surface area contributed by atoms with Gasteiger partial charge in [0, 0.05) is 0 Å². The Labute approximate surface area is 271 Å². The number of hydrogen-bond acceptors (Lipinski definition) is 0. The van der Waals surface area contributed by atoms with Gasteiger partial charge in [-0.1, -0.05) is 152 Å². The van der Waals surface area contributed by atoms with Crippen LogP contribution in [0.15, 0.2) is 42.5 Å². The molecule has 0 nitrogen and oxygen atoms in total. The molecule has 3 heteroatoms. The fourth-order valence-electron chi connectivity index (χ4n) is 6.77. The van der Waals surface area contributed by atoms with Crippen molar-refractivity contribution in [2.45, 2.75) is 145 Å². The van der Waals surface area contributed by atoms with Crippen molar-refractivity contribution >= 4 is 29.6 Å². The fourth-order valence-corrected chi connectivity index (χ4v) is 26.3. The van der Waals surface area contributed by atoms with Gasteiger partial charge >= 0.3 is 0 Å². The average Bonchev–Trinajstić information content (AvgIpc) is 2.91. The summed E-state index contributed by atoms with van der Waals surface area (Å²) in [6.07, 6.45) is 0. The Balaban J connectivity index is 2.67. The molecule has 2 radical (unpaired) electrons. The predicted molar refractivity (Wildman–Crippen MR) is 202 cm³/mol. The first-order chi connectivity index (χ1) is 20.0. The topological polar surface area (TPSA) is 0 Å². The Morgan fingerprint density at radius 3 is 0.930 bits per heavy atom. The minimum absolute atomic E-state index is 0.474. The van der Waals surface area contributed by atoms with E-state index in [2.05, 4.69) is 152 Å². The predicted octanol–water partition coefficient (Wildman–Crippen LogP) is 12.1. The summed E-state index contributed by atoms with van der Waals surface area (Å²) in [6, 6.07) is 17.7. The quantitative estimate of drug-likeness (QED) is 0.186. The van der Waals surface area contributed by atoms with Crippen LogP contribution in [0.4, 0.5) is 0 Å². The van der Waals surface area contributed by atoms with Crippen LogP contribution >= 0.6 is 0 Å². The van der Waals surface area contributed by atoms with Gasteiger partial charge in [-0.25, -0.2) is 0 Å². The van der Waals surface area contributed by atoms with Crippen molar-refractivity contribution in [2.24, 2.45) is 0 Å². The summed E-state index contributed by atoms with van der Waals surface area (Å²) in [6.45, 7) is 39.1. The van der Waals surface area contributed by atoms with Crippen LogP contribution in [0, 0.1) is 0 Å². The van der Waals surface area contributed by atoms with Crippen LogP contribution in [0.5, 0.6) is 0 Å². The minimum Gasteiger partial charge on any atom is -0.288 e. The molecule has 0 aliphatic carbocycles. The number of rotatable bonds is 11. The molecule has 0 atom stereocenters. The molecule has 0 spiro atoms. The van der Waals surface area contributed by atoms with Crippen LogP contribution in [0.2, 0.25) is 26.2 Å². The van der Waals surface area contributed by atoms with E-state index in [1.54, 1.807) is 49.7 Å². The summed E-state index contributed by atoms with van der Waals surface area (Å²) in [5.74, 6) is 2.95. The van der Waals surface area contributed by atoms with Gasteiger partial charge in [-0.2, -0.15) is 5.19 Å². The summed E-state index contributed by atoms with van der Waals surface area (Å²) in [4.78, 5) is 0. The van der Waals surface area contributed by atoms with Gasteiger partial charge in [0.15, 0.2) is 0 Å². The third-order valence-corrected chi connectivity index (χ3v) is 28.7. The molecule has 0 aliphatic heterocycles. The lowest BCUT2D eigenvalue weighted by atomic mass is 9.79. The van der Waals surface area contributed by atoms with Gasteiger partial charge in [0.05, 0.1) is 0 Å². The van der Waals surface area contributed by atoms with E-state index in [0.29, 0.717) is 35.5 Å². The van der Waals surface area contributed by atoms with E-state index < -0.39 is 24.5 Å². The summed E-state index contributed by atoms with van der Waals surface area (Å²) in [7, 11) is -1.74. The molecule has 3 aromatic carbocycles. The molecular formula is C40H61Si3-. The van der Waals surface area contributed by atoms with Gasteiger partial charge in [0.25, 0.3) is 0 Å². The number of benzene rings is 3. The maximum absolute atomic E-state index is 2.61. The van der Waals surface area contributed by atoms with Gasteiger partial charge in [0.2, 0.25) is 0 Å².